The Morgan fingerprint density at radius 3 is 2.56 bits per heavy atom. The molecule has 1 atom stereocenters. The van der Waals surface area contributed by atoms with Crippen LogP contribution in [0.1, 0.15) is 36.0 Å². The third-order valence-electron chi connectivity index (χ3n) is 6.86. The van der Waals surface area contributed by atoms with Gasteiger partial charge in [0.2, 0.25) is 5.91 Å². The quantitative estimate of drug-likeness (QED) is 0.439. The Labute approximate surface area is 195 Å². The summed E-state index contributed by atoms with van der Waals surface area (Å²) in [6.07, 6.45) is 3.45. The highest BCUT2D eigenvalue weighted by Gasteiger charge is 2.32. The lowest BCUT2D eigenvalue weighted by molar-refractivity contribution is -0.151. The molecular formula is C27H25NO6. The average Bonchev–Trinajstić information content (AvgIpc) is 3.27. The van der Waals surface area contributed by atoms with Crippen molar-refractivity contribution in [1.82, 2.24) is 4.90 Å². The van der Waals surface area contributed by atoms with Crippen LogP contribution in [0.15, 0.2) is 56.3 Å². The molecule has 1 aliphatic heterocycles. The van der Waals surface area contributed by atoms with Crippen molar-refractivity contribution < 1.29 is 23.5 Å². The molecule has 0 bridgehead atoms. The molecule has 4 aromatic rings. The van der Waals surface area contributed by atoms with E-state index in [2.05, 4.69) is 0 Å². The zero-order chi connectivity index (χ0) is 24.0. The summed E-state index contributed by atoms with van der Waals surface area (Å²) in [4.78, 5) is 39.0. The molecule has 0 radical (unpaired) electrons. The van der Waals surface area contributed by atoms with E-state index in [1.54, 1.807) is 13.2 Å². The van der Waals surface area contributed by atoms with E-state index in [0.717, 1.165) is 40.3 Å². The molecule has 34 heavy (non-hydrogen) atoms. The Bertz CT molecular complexity index is 1480. The van der Waals surface area contributed by atoms with Crippen LogP contribution in [0, 0.1) is 13.8 Å². The van der Waals surface area contributed by atoms with E-state index in [-0.39, 0.29) is 17.9 Å². The molecule has 3 heterocycles. The minimum atomic E-state index is -1.01. The van der Waals surface area contributed by atoms with E-state index in [0.29, 0.717) is 29.7 Å². The molecular weight excluding hydrogens is 434 g/mol. The lowest BCUT2D eigenvalue weighted by Crippen LogP contribution is -2.48. The van der Waals surface area contributed by atoms with Crippen LogP contribution in [0.2, 0.25) is 0 Å². The summed E-state index contributed by atoms with van der Waals surface area (Å²) >= 11 is 0. The number of amides is 1. The van der Waals surface area contributed by atoms with Crippen molar-refractivity contribution in [3.05, 3.63) is 69.8 Å². The number of rotatable bonds is 4. The van der Waals surface area contributed by atoms with Crippen molar-refractivity contribution in [3.63, 3.8) is 0 Å². The molecule has 174 valence electrons. The highest BCUT2D eigenvalue weighted by molar-refractivity contribution is 6.05. The largest absolute Gasteiger partial charge is 0.480 e. The van der Waals surface area contributed by atoms with Crippen molar-refractivity contribution in [2.24, 2.45) is 0 Å². The molecule has 0 saturated carbocycles. The van der Waals surface area contributed by atoms with E-state index in [9.17, 15) is 19.5 Å². The zero-order valence-electron chi connectivity index (χ0n) is 19.1. The number of carboxylic acid groups (broad SMARTS) is 1. The van der Waals surface area contributed by atoms with Gasteiger partial charge in [-0.05, 0) is 50.3 Å². The minimum Gasteiger partial charge on any atom is -0.480 e. The van der Waals surface area contributed by atoms with Gasteiger partial charge in [0.05, 0.1) is 18.2 Å². The number of benzene rings is 2. The Morgan fingerprint density at radius 1 is 1.06 bits per heavy atom. The first-order valence-corrected chi connectivity index (χ1v) is 11.4. The van der Waals surface area contributed by atoms with Crippen LogP contribution in [-0.4, -0.2) is 34.5 Å². The van der Waals surface area contributed by atoms with E-state index in [1.807, 2.05) is 43.3 Å². The summed E-state index contributed by atoms with van der Waals surface area (Å²) in [5.74, 6) is -1.38. The third kappa shape index (κ3) is 3.57. The van der Waals surface area contributed by atoms with E-state index < -0.39 is 17.6 Å². The van der Waals surface area contributed by atoms with Gasteiger partial charge in [0.25, 0.3) is 0 Å². The van der Waals surface area contributed by atoms with Gasteiger partial charge in [-0.1, -0.05) is 30.3 Å². The fraction of sp³-hybridized carbons (Fsp3) is 0.296. The van der Waals surface area contributed by atoms with Crippen molar-refractivity contribution in [3.8, 4) is 11.1 Å². The van der Waals surface area contributed by atoms with Crippen molar-refractivity contribution >= 4 is 33.8 Å². The molecule has 1 saturated heterocycles. The maximum Gasteiger partial charge on any atom is 0.340 e. The topological polar surface area (TPSA) is 101 Å². The Balaban J connectivity index is 1.61. The van der Waals surface area contributed by atoms with Crippen molar-refractivity contribution in [2.45, 2.75) is 45.6 Å². The first kappa shape index (κ1) is 21.9. The van der Waals surface area contributed by atoms with Gasteiger partial charge in [-0.25, -0.2) is 9.59 Å². The number of aliphatic carboxylic acids is 1. The lowest BCUT2D eigenvalue weighted by Gasteiger charge is -2.33. The highest BCUT2D eigenvalue weighted by atomic mass is 16.4. The molecule has 7 nitrogen and oxygen atoms in total. The summed E-state index contributed by atoms with van der Waals surface area (Å²) in [6, 6.07) is 11.0. The van der Waals surface area contributed by atoms with Crippen LogP contribution in [0.3, 0.4) is 0 Å². The van der Waals surface area contributed by atoms with Crippen LogP contribution in [-0.2, 0) is 16.0 Å². The predicted octanol–water partition coefficient (Wildman–Crippen LogP) is 4.83. The molecule has 1 amide bonds. The number of likely N-dealkylation sites (tertiary alicyclic amines) is 1. The van der Waals surface area contributed by atoms with Crippen LogP contribution in [0.5, 0.6) is 0 Å². The van der Waals surface area contributed by atoms with E-state index in [4.69, 9.17) is 8.83 Å². The van der Waals surface area contributed by atoms with E-state index >= 15 is 0 Å². The minimum absolute atomic E-state index is 0.193. The number of furan rings is 1. The second kappa shape index (κ2) is 8.48. The fourth-order valence-electron chi connectivity index (χ4n) is 4.98. The molecule has 1 unspecified atom stereocenters. The maximum absolute atomic E-state index is 13.1. The maximum atomic E-state index is 13.1. The number of hydrogen-bond acceptors (Lipinski definition) is 5. The van der Waals surface area contributed by atoms with Crippen LogP contribution >= 0.6 is 0 Å². The second-order valence-electron chi connectivity index (χ2n) is 8.88. The number of nitrogens with zero attached hydrogens (tertiary/aromatic N) is 1. The molecule has 1 aliphatic rings. The Kier molecular flexibility index (Phi) is 5.48. The number of carbonyl (C=O) groups is 2. The lowest BCUT2D eigenvalue weighted by atomic mass is 9.96. The molecule has 2 aromatic heterocycles. The monoisotopic (exact) mass is 459 g/mol. The SMILES string of the molecule is Cc1c(CC(=O)N2CCCCC2C(=O)O)c(=O)oc2c(C)c3occ(-c4ccccc4)c3cc12. The Morgan fingerprint density at radius 2 is 1.82 bits per heavy atom. The summed E-state index contributed by atoms with van der Waals surface area (Å²) in [5.41, 5.74) is 4.08. The molecule has 1 fully saturated rings. The second-order valence-corrected chi connectivity index (χ2v) is 8.88. The zero-order valence-corrected chi connectivity index (χ0v) is 19.1. The number of carboxylic acids is 1. The smallest absolute Gasteiger partial charge is 0.340 e. The van der Waals surface area contributed by atoms with Crippen molar-refractivity contribution in [1.29, 1.82) is 0 Å². The number of carbonyl (C=O) groups excluding carboxylic acids is 1. The predicted molar refractivity (Wildman–Crippen MR) is 128 cm³/mol. The van der Waals surface area contributed by atoms with Gasteiger partial charge in [0.1, 0.15) is 17.2 Å². The fourth-order valence-corrected chi connectivity index (χ4v) is 4.98. The summed E-state index contributed by atoms with van der Waals surface area (Å²) < 4.78 is 11.5. The number of fused-ring (bicyclic) bond motifs is 2. The number of piperidine rings is 1. The summed E-state index contributed by atoms with van der Waals surface area (Å²) in [7, 11) is 0. The molecule has 7 heteroatoms. The Hall–Kier alpha value is -3.87. The summed E-state index contributed by atoms with van der Waals surface area (Å²) in [6.45, 7) is 4.03. The third-order valence-corrected chi connectivity index (χ3v) is 6.86. The standard InChI is InChI=1S/C27H25NO6/c1-15-18-12-20-21(17-8-4-3-5-9-17)14-33-24(20)16(2)25(18)34-27(32)19(15)13-23(29)28-11-7-6-10-22(28)26(30)31/h3-5,8-9,12,14,22H,6-7,10-11,13H2,1-2H3,(H,30,31). The van der Waals surface area contributed by atoms with Crippen LogP contribution in [0.4, 0.5) is 0 Å². The van der Waals surface area contributed by atoms with Crippen LogP contribution in [0.25, 0.3) is 33.1 Å². The normalized spacial score (nSPS) is 16.3. The van der Waals surface area contributed by atoms with Gasteiger partial charge in [0, 0.05) is 28.4 Å². The molecule has 1 N–H and O–H groups in total. The van der Waals surface area contributed by atoms with Gasteiger partial charge in [-0.3, -0.25) is 4.79 Å². The first-order chi connectivity index (χ1) is 16.4. The molecule has 0 spiro atoms. The van der Waals surface area contributed by atoms with Crippen LogP contribution < -0.4 is 5.63 Å². The van der Waals surface area contributed by atoms with Crippen molar-refractivity contribution in [2.75, 3.05) is 6.54 Å². The van der Waals surface area contributed by atoms with E-state index in [1.165, 1.54) is 4.90 Å². The van der Waals surface area contributed by atoms with Gasteiger partial charge >= 0.3 is 11.6 Å². The van der Waals surface area contributed by atoms with Gasteiger partial charge in [0.15, 0.2) is 0 Å². The molecule has 2 aromatic carbocycles. The first-order valence-electron chi connectivity index (χ1n) is 11.4. The average molecular weight is 459 g/mol. The molecule has 0 aliphatic carbocycles. The van der Waals surface area contributed by atoms with Gasteiger partial charge in [-0.2, -0.15) is 0 Å². The molecule has 5 rings (SSSR count). The number of aryl methyl sites for hydroxylation is 2. The highest BCUT2D eigenvalue weighted by Crippen LogP contribution is 2.37. The van der Waals surface area contributed by atoms with Gasteiger partial charge < -0.3 is 18.8 Å². The number of hydrogen-bond donors (Lipinski definition) is 1. The van der Waals surface area contributed by atoms with Gasteiger partial charge in [-0.15, -0.1) is 0 Å². The summed E-state index contributed by atoms with van der Waals surface area (Å²) in [5, 5.41) is 11.2.